The van der Waals surface area contributed by atoms with Crippen LogP contribution >= 0.6 is 22.9 Å². The largest absolute Gasteiger partial charge is 0.334 e. The van der Waals surface area contributed by atoms with Gasteiger partial charge in [-0.05, 0) is 51.1 Å². The SMILES string of the molecule is CNCC1CCCN1C(=O)c1cc2c(C)nn(-c3cccc(Cl)c3)c2s1. The van der Waals surface area contributed by atoms with Gasteiger partial charge in [0.05, 0.1) is 16.3 Å². The maximum Gasteiger partial charge on any atom is 0.264 e. The van der Waals surface area contributed by atoms with Crippen molar-refractivity contribution in [3.8, 4) is 5.69 Å². The number of aromatic nitrogens is 2. The highest BCUT2D eigenvalue weighted by molar-refractivity contribution is 7.20. The second kappa shape index (κ2) is 7.02. The molecule has 1 aromatic carbocycles. The highest BCUT2D eigenvalue weighted by Gasteiger charge is 2.30. The van der Waals surface area contributed by atoms with Crippen LogP contribution < -0.4 is 5.32 Å². The van der Waals surface area contributed by atoms with Crippen molar-refractivity contribution in [1.29, 1.82) is 0 Å². The summed E-state index contributed by atoms with van der Waals surface area (Å²) in [4.78, 5) is 16.8. The Bertz CT molecular complexity index is 964. The lowest BCUT2D eigenvalue weighted by Crippen LogP contribution is -2.40. The number of rotatable bonds is 4. The lowest BCUT2D eigenvalue weighted by Gasteiger charge is -2.23. The van der Waals surface area contributed by atoms with Crippen molar-refractivity contribution in [2.24, 2.45) is 0 Å². The summed E-state index contributed by atoms with van der Waals surface area (Å²) in [7, 11) is 1.93. The molecule has 1 unspecified atom stereocenters. The second-order valence-electron chi connectivity index (χ2n) is 6.66. The number of carbonyl (C=O) groups is 1. The van der Waals surface area contributed by atoms with Gasteiger partial charge >= 0.3 is 0 Å². The van der Waals surface area contributed by atoms with Gasteiger partial charge in [0.25, 0.3) is 5.91 Å². The second-order valence-corrected chi connectivity index (χ2v) is 8.13. The molecule has 0 radical (unpaired) electrons. The van der Waals surface area contributed by atoms with Crippen molar-refractivity contribution in [2.45, 2.75) is 25.8 Å². The zero-order valence-corrected chi connectivity index (χ0v) is 16.4. The van der Waals surface area contributed by atoms with Gasteiger partial charge in [-0.1, -0.05) is 17.7 Å². The first-order valence-corrected chi connectivity index (χ1v) is 9.98. The molecular weight excluding hydrogens is 368 g/mol. The third kappa shape index (κ3) is 3.02. The minimum absolute atomic E-state index is 0.126. The maximum absolute atomic E-state index is 13.1. The summed E-state index contributed by atoms with van der Waals surface area (Å²) in [6, 6.07) is 9.88. The number of fused-ring (bicyclic) bond motifs is 1. The minimum atomic E-state index is 0.126. The Hall–Kier alpha value is -1.89. The molecule has 26 heavy (non-hydrogen) atoms. The van der Waals surface area contributed by atoms with E-state index < -0.39 is 0 Å². The van der Waals surface area contributed by atoms with Crippen molar-refractivity contribution >= 4 is 39.1 Å². The molecule has 1 fully saturated rings. The first-order valence-electron chi connectivity index (χ1n) is 8.79. The Morgan fingerprint density at radius 1 is 1.42 bits per heavy atom. The summed E-state index contributed by atoms with van der Waals surface area (Å²) in [5.74, 6) is 0.126. The molecule has 4 rings (SSSR count). The monoisotopic (exact) mass is 388 g/mol. The number of nitrogens with one attached hydrogen (secondary N) is 1. The van der Waals surface area contributed by atoms with Gasteiger partial charge in [-0.15, -0.1) is 11.3 Å². The van der Waals surface area contributed by atoms with E-state index in [1.165, 1.54) is 11.3 Å². The fourth-order valence-electron chi connectivity index (χ4n) is 3.63. The molecule has 0 saturated carbocycles. The number of halogens is 1. The topological polar surface area (TPSA) is 50.2 Å². The molecule has 0 aliphatic carbocycles. The van der Waals surface area contributed by atoms with E-state index in [-0.39, 0.29) is 11.9 Å². The van der Waals surface area contributed by atoms with Crippen LogP contribution in [0.3, 0.4) is 0 Å². The third-order valence-electron chi connectivity index (χ3n) is 4.89. The van der Waals surface area contributed by atoms with Gasteiger partial charge in [-0.2, -0.15) is 5.10 Å². The highest BCUT2D eigenvalue weighted by Crippen LogP contribution is 2.32. The quantitative estimate of drug-likeness (QED) is 0.738. The van der Waals surface area contributed by atoms with Crippen molar-refractivity contribution < 1.29 is 4.79 Å². The fourth-order valence-corrected chi connectivity index (χ4v) is 4.95. The number of carbonyl (C=O) groups excluding carboxylic acids is 1. The van der Waals surface area contributed by atoms with E-state index in [0.717, 1.165) is 52.4 Å². The van der Waals surface area contributed by atoms with E-state index >= 15 is 0 Å². The maximum atomic E-state index is 13.1. The fraction of sp³-hybridized carbons (Fsp3) is 0.368. The van der Waals surface area contributed by atoms with E-state index in [1.54, 1.807) is 0 Å². The summed E-state index contributed by atoms with van der Waals surface area (Å²) in [6.07, 6.45) is 2.13. The van der Waals surface area contributed by atoms with Gasteiger partial charge in [0, 0.05) is 29.5 Å². The van der Waals surface area contributed by atoms with Gasteiger partial charge in [-0.25, -0.2) is 4.68 Å². The van der Waals surface area contributed by atoms with Crippen LogP contribution in [0, 0.1) is 6.92 Å². The summed E-state index contributed by atoms with van der Waals surface area (Å²) < 4.78 is 1.88. The Balaban J connectivity index is 1.72. The molecule has 1 atom stereocenters. The van der Waals surface area contributed by atoms with E-state index in [2.05, 4.69) is 10.4 Å². The van der Waals surface area contributed by atoms with Crippen molar-refractivity contribution in [3.63, 3.8) is 0 Å². The molecule has 2 aromatic heterocycles. The van der Waals surface area contributed by atoms with Crippen LogP contribution in [0.5, 0.6) is 0 Å². The van der Waals surface area contributed by atoms with E-state index in [0.29, 0.717) is 5.02 Å². The molecule has 1 N–H and O–H groups in total. The number of benzene rings is 1. The third-order valence-corrected chi connectivity index (χ3v) is 6.22. The number of thiophene rings is 1. The molecule has 3 heterocycles. The van der Waals surface area contributed by atoms with Crippen LogP contribution in [0.2, 0.25) is 5.02 Å². The van der Waals surface area contributed by atoms with Gasteiger partial charge in [0.15, 0.2) is 0 Å². The number of hydrogen-bond donors (Lipinski definition) is 1. The Morgan fingerprint density at radius 3 is 3.04 bits per heavy atom. The minimum Gasteiger partial charge on any atom is -0.334 e. The van der Waals surface area contributed by atoms with Crippen molar-refractivity contribution in [1.82, 2.24) is 20.0 Å². The predicted octanol–water partition coefficient (Wildman–Crippen LogP) is 3.87. The van der Waals surface area contributed by atoms with Gasteiger partial charge in [0.2, 0.25) is 0 Å². The van der Waals surface area contributed by atoms with Crippen LogP contribution in [0.1, 0.15) is 28.2 Å². The number of aryl methyl sites for hydroxylation is 1. The first-order chi connectivity index (χ1) is 12.6. The van der Waals surface area contributed by atoms with Gasteiger partial charge < -0.3 is 10.2 Å². The Kier molecular flexibility index (Phi) is 4.73. The van der Waals surface area contributed by atoms with Crippen molar-refractivity contribution in [3.05, 3.63) is 45.9 Å². The molecule has 1 amide bonds. The van der Waals surface area contributed by atoms with E-state index in [1.807, 2.05) is 53.9 Å². The van der Waals surface area contributed by atoms with Gasteiger partial charge in [-0.3, -0.25) is 4.79 Å². The van der Waals surface area contributed by atoms with Crippen molar-refractivity contribution in [2.75, 3.05) is 20.1 Å². The lowest BCUT2D eigenvalue weighted by molar-refractivity contribution is 0.0742. The average Bonchev–Trinajstić information content (AvgIpc) is 3.32. The van der Waals surface area contributed by atoms with Crippen LogP contribution in [0.25, 0.3) is 15.9 Å². The normalized spacial score (nSPS) is 17.3. The lowest BCUT2D eigenvalue weighted by atomic mass is 10.2. The summed E-state index contributed by atoms with van der Waals surface area (Å²) in [5, 5.41) is 9.53. The first kappa shape index (κ1) is 17.5. The Morgan fingerprint density at radius 2 is 2.27 bits per heavy atom. The highest BCUT2D eigenvalue weighted by atomic mass is 35.5. The molecule has 0 spiro atoms. The number of likely N-dealkylation sites (N-methyl/N-ethyl adjacent to an activating group) is 1. The Labute approximate surface area is 161 Å². The van der Waals surface area contributed by atoms with E-state index in [4.69, 9.17) is 11.6 Å². The molecule has 1 saturated heterocycles. The van der Waals surface area contributed by atoms with Crippen LogP contribution in [0.4, 0.5) is 0 Å². The van der Waals surface area contributed by atoms with Crippen LogP contribution in [-0.2, 0) is 0 Å². The molecule has 1 aliphatic heterocycles. The zero-order valence-electron chi connectivity index (χ0n) is 14.8. The number of nitrogens with zero attached hydrogens (tertiary/aromatic N) is 3. The van der Waals surface area contributed by atoms with Crippen LogP contribution in [0.15, 0.2) is 30.3 Å². The molecule has 1 aliphatic rings. The van der Waals surface area contributed by atoms with Crippen LogP contribution in [-0.4, -0.2) is 46.8 Å². The number of amides is 1. The summed E-state index contributed by atoms with van der Waals surface area (Å²) in [5.41, 5.74) is 1.83. The van der Waals surface area contributed by atoms with E-state index in [9.17, 15) is 4.79 Å². The average molecular weight is 389 g/mol. The number of hydrogen-bond acceptors (Lipinski definition) is 4. The standard InChI is InChI=1S/C19H21ClN4OS/c1-12-16-10-17(18(25)23-8-4-7-15(23)11-21-2)26-19(16)24(22-12)14-6-3-5-13(20)9-14/h3,5-6,9-10,15,21H,4,7-8,11H2,1-2H3. The predicted molar refractivity (Wildman–Crippen MR) is 107 cm³/mol. The summed E-state index contributed by atoms with van der Waals surface area (Å²) >= 11 is 7.64. The molecule has 3 aromatic rings. The molecular formula is C19H21ClN4OS. The summed E-state index contributed by atoms with van der Waals surface area (Å²) in [6.45, 7) is 3.65. The molecule has 0 bridgehead atoms. The number of likely N-dealkylation sites (tertiary alicyclic amines) is 1. The molecule has 7 heteroatoms. The zero-order chi connectivity index (χ0) is 18.3. The molecule has 136 valence electrons. The smallest absolute Gasteiger partial charge is 0.264 e. The van der Waals surface area contributed by atoms with Gasteiger partial charge in [0.1, 0.15) is 4.83 Å². The molecule has 5 nitrogen and oxygen atoms in total.